The van der Waals surface area contributed by atoms with Crippen molar-refractivity contribution in [3.8, 4) is 17.2 Å². The van der Waals surface area contributed by atoms with E-state index in [0.717, 1.165) is 59.6 Å². The molecule has 3 aromatic rings. The third-order valence-electron chi connectivity index (χ3n) is 9.14. The summed E-state index contributed by atoms with van der Waals surface area (Å²) in [7, 11) is 0. The Labute approximate surface area is 185 Å². The van der Waals surface area contributed by atoms with Crippen LogP contribution in [0.2, 0.25) is 0 Å². The number of fused-ring (bicyclic) bond motifs is 4. The van der Waals surface area contributed by atoms with Crippen LogP contribution in [0.25, 0.3) is 10.9 Å². The molecule has 6 heteroatoms. The fraction of sp³-hybridized carbons (Fsp3) is 0.462. The SMILES string of the molecule is Oc1ccc2[nH]c3c(c2c1)C[C@@]1(O)C2Cc4ccc(O)c5c4[C@@]1(CCN2CC1CC1)[C@H]3O5. The van der Waals surface area contributed by atoms with E-state index in [1.807, 2.05) is 12.1 Å². The highest BCUT2D eigenvalue weighted by molar-refractivity contribution is 5.87. The second kappa shape index (κ2) is 5.43. The number of likely N-dealkylation sites (tertiary alicyclic amines) is 1. The van der Waals surface area contributed by atoms with Gasteiger partial charge in [0.15, 0.2) is 17.6 Å². The van der Waals surface area contributed by atoms with Crippen molar-refractivity contribution < 1.29 is 20.1 Å². The molecule has 3 aliphatic carbocycles. The van der Waals surface area contributed by atoms with Crippen LogP contribution in [-0.4, -0.2) is 49.9 Å². The molecule has 1 unspecified atom stereocenters. The first-order chi connectivity index (χ1) is 15.5. The highest BCUT2D eigenvalue weighted by atomic mass is 16.5. The third kappa shape index (κ3) is 1.88. The van der Waals surface area contributed by atoms with Gasteiger partial charge in [-0.15, -0.1) is 0 Å². The van der Waals surface area contributed by atoms with Crippen LogP contribution in [0.1, 0.15) is 47.8 Å². The zero-order valence-electron chi connectivity index (χ0n) is 17.8. The first kappa shape index (κ1) is 17.8. The normalized spacial score (nSPS) is 34.3. The van der Waals surface area contributed by atoms with Crippen molar-refractivity contribution in [2.75, 3.05) is 13.1 Å². The van der Waals surface area contributed by atoms with Crippen molar-refractivity contribution in [2.24, 2.45) is 5.92 Å². The summed E-state index contributed by atoms with van der Waals surface area (Å²) in [5.41, 5.74) is 3.62. The highest BCUT2D eigenvalue weighted by Crippen LogP contribution is 2.69. The van der Waals surface area contributed by atoms with Gasteiger partial charge in [-0.2, -0.15) is 0 Å². The quantitative estimate of drug-likeness (QED) is 0.501. The first-order valence-electron chi connectivity index (χ1n) is 11.8. The molecule has 1 saturated heterocycles. The maximum Gasteiger partial charge on any atom is 0.166 e. The third-order valence-corrected chi connectivity index (χ3v) is 9.14. The number of H-pyrrole nitrogens is 1. The zero-order chi connectivity index (χ0) is 21.4. The maximum absolute atomic E-state index is 12.7. The van der Waals surface area contributed by atoms with Crippen molar-refractivity contribution in [2.45, 2.75) is 55.3 Å². The standard InChI is InChI=1S/C26H26N2O4/c29-15-4-5-18-16(10-15)17-11-26(31)20-9-14-3-6-19(30)23-21(14)25(26,24(32-23)22(17)27-18)7-8-28(20)12-13-1-2-13/h3-6,10,13,20,24,27,29-31H,1-2,7-9,11-12H2/t20?,24-,25-,26+/m0/s1. The van der Waals surface area contributed by atoms with Crippen LogP contribution < -0.4 is 4.74 Å². The highest BCUT2D eigenvalue weighted by Gasteiger charge is 2.72. The Morgan fingerprint density at radius 3 is 2.88 bits per heavy atom. The number of aliphatic hydroxyl groups is 1. The summed E-state index contributed by atoms with van der Waals surface area (Å²) in [4.78, 5) is 6.09. The van der Waals surface area contributed by atoms with Gasteiger partial charge in [0.05, 0.1) is 16.7 Å². The number of phenols is 2. The van der Waals surface area contributed by atoms with E-state index >= 15 is 0 Å². The van der Waals surface area contributed by atoms with Crippen molar-refractivity contribution in [1.82, 2.24) is 9.88 Å². The molecule has 0 radical (unpaired) electrons. The molecule has 2 bridgehead atoms. The predicted octanol–water partition coefficient (Wildman–Crippen LogP) is 3.28. The molecule has 2 fully saturated rings. The van der Waals surface area contributed by atoms with Crippen molar-refractivity contribution in [3.63, 3.8) is 0 Å². The lowest BCUT2D eigenvalue weighted by atomic mass is 9.49. The van der Waals surface area contributed by atoms with E-state index in [1.165, 1.54) is 18.4 Å². The predicted molar refractivity (Wildman–Crippen MR) is 118 cm³/mol. The number of hydrogen-bond donors (Lipinski definition) is 4. The van der Waals surface area contributed by atoms with E-state index in [2.05, 4.69) is 9.88 Å². The number of aromatic nitrogens is 1. The Balaban J connectivity index is 1.42. The molecule has 6 nitrogen and oxygen atoms in total. The lowest BCUT2D eigenvalue weighted by molar-refractivity contribution is -0.173. The second-order valence-electron chi connectivity index (χ2n) is 10.7. The largest absolute Gasteiger partial charge is 0.508 e. The number of rotatable bonds is 2. The molecule has 2 aromatic carbocycles. The molecule has 4 N–H and O–H groups in total. The number of nitrogens with one attached hydrogen (secondary N) is 1. The molecule has 4 atom stereocenters. The minimum absolute atomic E-state index is 0.0151. The van der Waals surface area contributed by atoms with E-state index in [9.17, 15) is 15.3 Å². The molecule has 5 aliphatic rings. The fourth-order valence-corrected chi connectivity index (χ4v) is 7.61. The Hall–Kier alpha value is -2.70. The zero-order valence-corrected chi connectivity index (χ0v) is 17.8. The molecule has 2 aliphatic heterocycles. The summed E-state index contributed by atoms with van der Waals surface area (Å²) < 4.78 is 6.57. The lowest BCUT2D eigenvalue weighted by Gasteiger charge is -2.62. The van der Waals surface area contributed by atoms with Gasteiger partial charge < -0.3 is 25.0 Å². The molecule has 3 heterocycles. The van der Waals surface area contributed by atoms with E-state index < -0.39 is 11.0 Å². The molecule has 1 saturated carbocycles. The van der Waals surface area contributed by atoms with Crippen LogP contribution >= 0.6 is 0 Å². The van der Waals surface area contributed by atoms with Crippen LogP contribution in [0.3, 0.4) is 0 Å². The topological polar surface area (TPSA) is 89.0 Å². The van der Waals surface area contributed by atoms with Gasteiger partial charge >= 0.3 is 0 Å². The molecule has 1 aromatic heterocycles. The Morgan fingerprint density at radius 2 is 2.03 bits per heavy atom. The van der Waals surface area contributed by atoms with Gasteiger partial charge in [-0.05, 0) is 73.5 Å². The average molecular weight is 431 g/mol. The molecule has 8 rings (SSSR count). The summed E-state index contributed by atoms with van der Waals surface area (Å²) in [6.07, 6.45) is 4.30. The monoisotopic (exact) mass is 430 g/mol. The van der Waals surface area contributed by atoms with Gasteiger partial charge in [0.2, 0.25) is 0 Å². The number of aromatic hydroxyl groups is 2. The van der Waals surface area contributed by atoms with Crippen LogP contribution in [0.5, 0.6) is 17.2 Å². The average Bonchev–Trinajstić information content (AvgIpc) is 3.41. The van der Waals surface area contributed by atoms with Crippen LogP contribution in [0.15, 0.2) is 30.3 Å². The molecular formula is C26H26N2O4. The van der Waals surface area contributed by atoms with Gasteiger partial charge in [-0.1, -0.05) is 6.07 Å². The first-order valence-corrected chi connectivity index (χ1v) is 11.8. The van der Waals surface area contributed by atoms with Gasteiger partial charge in [0.25, 0.3) is 0 Å². The van der Waals surface area contributed by atoms with Gasteiger partial charge in [-0.25, -0.2) is 0 Å². The van der Waals surface area contributed by atoms with E-state index in [-0.39, 0.29) is 23.6 Å². The van der Waals surface area contributed by atoms with E-state index in [1.54, 1.807) is 18.2 Å². The second-order valence-corrected chi connectivity index (χ2v) is 10.7. The molecule has 0 amide bonds. The summed E-state index contributed by atoms with van der Waals surface area (Å²) in [6.45, 7) is 1.99. The van der Waals surface area contributed by atoms with Crippen LogP contribution in [0.4, 0.5) is 0 Å². The summed E-state index contributed by atoms with van der Waals surface area (Å²) >= 11 is 0. The summed E-state index contributed by atoms with van der Waals surface area (Å²) in [5.74, 6) is 1.68. The molecular weight excluding hydrogens is 404 g/mol. The molecule has 1 spiro atoms. The number of piperidine rings is 1. The number of nitrogens with zero attached hydrogens (tertiary/aromatic N) is 1. The Kier molecular flexibility index (Phi) is 3.02. The number of hydrogen-bond acceptors (Lipinski definition) is 5. The van der Waals surface area contributed by atoms with Crippen molar-refractivity contribution >= 4 is 10.9 Å². The Morgan fingerprint density at radius 1 is 1.16 bits per heavy atom. The number of phenolic OH excluding ortho intramolecular Hbond substituents is 2. The number of aromatic amines is 1. The Bertz CT molecular complexity index is 1330. The lowest BCUT2D eigenvalue weighted by Crippen LogP contribution is -2.74. The number of ether oxygens (including phenoxy) is 1. The fourth-order valence-electron chi connectivity index (χ4n) is 7.61. The summed E-state index contributed by atoms with van der Waals surface area (Å²) in [5, 5.41) is 34.6. The minimum atomic E-state index is -0.996. The minimum Gasteiger partial charge on any atom is -0.508 e. The van der Waals surface area contributed by atoms with E-state index in [0.29, 0.717) is 12.2 Å². The van der Waals surface area contributed by atoms with E-state index in [4.69, 9.17) is 4.74 Å². The van der Waals surface area contributed by atoms with Crippen molar-refractivity contribution in [3.05, 3.63) is 52.7 Å². The smallest absolute Gasteiger partial charge is 0.166 e. The van der Waals surface area contributed by atoms with Crippen LogP contribution in [-0.2, 0) is 18.3 Å². The summed E-state index contributed by atoms with van der Waals surface area (Å²) in [6, 6.07) is 9.17. The van der Waals surface area contributed by atoms with Crippen LogP contribution in [0, 0.1) is 5.92 Å². The molecule has 32 heavy (non-hydrogen) atoms. The van der Waals surface area contributed by atoms with Gasteiger partial charge in [-0.3, -0.25) is 4.90 Å². The molecule has 164 valence electrons. The van der Waals surface area contributed by atoms with Gasteiger partial charge in [0.1, 0.15) is 5.75 Å². The number of benzene rings is 2. The van der Waals surface area contributed by atoms with Gasteiger partial charge in [0, 0.05) is 35.5 Å². The van der Waals surface area contributed by atoms with Crippen molar-refractivity contribution in [1.29, 1.82) is 0 Å². The maximum atomic E-state index is 12.7.